The van der Waals surface area contributed by atoms with Gasteiger partial charge >= 0.3 is 0 Å². The van der Waals surface area contributed by atoms with Crippen molar-refractivity contribution in [1.29, 1.82) is 5.26 Å². The zero-order valence-corrected chi connectivity index (χ0v) is 18.5. The third-order valence-electron chi connectivity index (χ3n) is 5.76. The molecule has 0 saturated carbocycles. The summed E-state index contributed by atoms with van der Waals surface area (Å²) in [4.78, 5) is 20.9. The second-order valence-electron chi connectivity index (χ2n) is 8.26. The van der Waals surface area contributed by atoms with Crippen molar-refractivity contribution in [2.24, 2.45) is 5.92 Å². The first kappa shape index (κ1) is 22.1. The van der Waals surface area contributed by atoms with Gasteiger partial charge in [-0.05, 0) is 45.5 Å². The molecule has 0 radical (unpaired) electrons. The average Bonchev–Trinajstić information content (AvgIpc) is 2.73. The van der Waals surface area contributed by atoms with Crippen LogP contribution in [-0.2, 0) is 4.79 Å². The van der Waals surface area contributed by atoms with Gasteiger partial charge in [0.25, 0.3) is 0 Å². The van der Waals surface area contributed by atoms with Crippen molar-refractivity contribution in [3.05, 3.63) is 24.3 Å². The number of hydrogen-bond acceptors (Lipinski definition) is 6. The molecule has 0 aliphatic carbocycles. The number of carbonyl (C=O) groups excluding carboxylic acids is 1. The Bertz CT molecular complexity index is 713. The molecular weight excluding hydrogens is 382 g/mol. The van der Waals surface area contributed by atoms with Gasteiger partial charge in [0.15, 0.2) is 0 Å². The summed E-state index contributed by atoms with van der Waals surface area (Å²) < 4.78 is 0. The van der Waals surface area contributed by atoms with E-state index in [9.17, 15) is 4.79 Å². The number of amides is 1. The lowest BCUT2D eigenvalue weighted by atomic mass is 10.0. The first-order valence-corrected chi connectivity index (χ1v) is 11.6. The standard InChI is InChI=1S/C22H33N5OS/c1-18(14-23)17-29-21-8-4-3-7-20(21)24-22(28)16-26-10-12-27(13-11-26)19-6-5-9-25(2)15-19/h3-4,7-8,18-19H,5-6,9-13,15-17H2,1-2H3,(H,24,28). The Morgan fingerprint density at radius 3 is 2.76 bits per heavy atom. The Hall–Kier alpha value is -1.59. The predicted molar refractivity (Wildman–Crippen MR) is 119 cm³/mol. The van der Waals surface area contributed by atoms with Crippen LogP contribution in [0.1, 0.15) is 19.8 Å². The van der Waals surface area contributed by atoms with Gasteiger partial charge in [-0.2, -0.15) is 5.26 Å². The van der Waals surface area contributed by atoms with E-state index in [0.29, 0.717) is 12.6 Å². The highest BCUT2D eigenvalue weighted by molar-refractivity contribution is 7.99. The lowest BCUT2D eigenvalue weighted by Crippen LogP contribution is -2.55. The monoisotopic (exact) mass is 415 g/mol. The number of nitriles is 1. The van der Waals surface area contributed by atoms with Crippen LogP contribution >= 0.6 is 11.8 Å². The molecule has 2 fully saturated rings. The number of thioether (sulfide) groups is 1. The number of piperidine rings is 1. The van der Waals surface area contributed by atoms with Crippen LogP contribution in [0.3, 0.4) is 0 Å². The number of likely N-dealkylation sites (tertiary alicyclic amines) is 1. The largest absolute Gasteiger partial charge is 0.324 e. The molecule has 158 valence electrons. The zero-order chi connectivity index (χ0) is 20.6. The number of likely N-dealkylation sites (N-methyl/N-ethyl adjacent to an activating group) is 1. The van der Waals surface area contributed by atoms with E-state index >= 15 is 0 Å². The average molecular weight is 416 g/mol. The van der Waals surface area contributed by atoms with Gasteiger partial charge in [0.2, 0.25) is 5.91 Å². The minimum absolute atomic E-state index is 0.0102. The van der Waals surface area contributed by atoms with Gasteiger partial charge in [-0.3, -0.25) is 14.6 Å². The van der Waals surface area contributed by atoms with Crippen molar-refractivity contribution in [2.75, 3.05) is 63.9 Å². The number of para-hydroxylation sites is 1. The fraction of sp³-hybridized carbons (Fsp3) is 0.636. The van der Waals surface area contributed by atoms with Crippen LogP contribution in [0.2, 0.25) is 0 Å². The molecule has 1 aromatic rings. The van der Waals surface area contributed by atoms with E-state index in [1.807, 2.05) is 31.2 Å². The van der Waals surface area contributed by atoms with Gasteiger partial charge < -0.3 is 10.2 Å². The lowest BCUT2D eigenvalue weighted by molar-refractivity contribution is -0.117. The number of rotatable bonds is 7. The summed E-state index contributed by atoms with van der Waals surface area (Å²) in [5.41, 5.74) is 0.844. The van der Waals surface area contributed by atoms with E-state index in [2.05, 4.69) is 33.1 Å². The number of anilines is 1. The summed E-state index contributed by atoms with van der Waals surface area (Å²) in [5, 5.41) is 12.1. The molecule has 3 rings (SSSR count). The maximum atomic E-state index is 12.6. The van der Waals surface area contributed by atoms with Crippen LogP contribution in [0.25, 0.3) is 0 Å². The number of carbonyl (C=O) groups is 1. The number of piperazine rings is 1. The molecule has 0 spiro atoms. The van der Waals surface area contributed by atoms with Crippen LogP contribution in [-0.4, -0.2) is 85.3 Å². The molecule has 0 aromatic heterocycles. The molecule has 2 atom stereocenters. The molecule has 7 heteroatoms. The highest BCUT2D eigenvalue weighted by Gasteiger charge is 2.27. The molecule has 0 bridgehead atoms. The van der Waals surface area contributed by atoms with Crippen molar-refractivity contribution in [2.45, 2.75) is 30.7 Å². The second kappa shape index (κ2) is 11.0. The van der Waals surface area contributed by atoms with Gasteiger partial charge in [0.1, 0.15) is 0 Å². The van der Waals surface area contributed by atoms with Crippen LogP contribution in [0.4, 0.5) is 5.69 Å². The molecule has 2 aliphatic rings. The smallest absolute Gasteiger partial charge is 0.238 e. The first-order chi connectivity index (χ1) is 14.0. The van der Waals surface area contributed by atoms with Crippen molar-refractivity contribution >= 4 is 23.4 Å². The molecule has 1 amide bonds. The SMILES string of the molecule is CC(C#N)CSc1ccccc1NC(=O)CN1CCN(C2CCCN(C)C2)CC1. The quantitative estimate of drug-likeness (QED) is 0.691. The number of nitrogens with zero attached hydrogens (tertiary/aromatic N) is 4. The highest BCUT2D eigenvalue weighted by Crippen LogP contribution is 2.28. The molecule has 2 unspecified atom stereocenters. The van der Waals surface area contributed by atoms with E-state index in [1.54, 1.807) is 11.8 Å². The Balaban J connectivity index is 1.45. The minimum Gasteiger partial charge on any atom is -0.324 e. The predicted octanol–water partition coefficient (Wildman–Crippen LogP) is 2.59. The minimum atomic E-state index is -0.0102. The summed E-state index contributed by atoms with van der Waals surface area (Å²) in [6.45, 7) is 8.72. The van der Waals surface area contributed by atoms with Gasteiger partial charge in [0.05, 0.1) is 24.2 Å². The molecule has 2 aliphatic heterocycles. The number of nitrogens with one attached hydrogen (secondary N) is 1. The Morgan fingerprint density at radius 1 is 1.28 bits per heavy atom. The molecule has 1 N–H and O–H groups in total. The first-order valence-electron chi connectivity index (χ1n) is 10.6. The molecule has 6 nitrogen and oxygen atoms in total. The van der Waals surface area contributed by atoms with Gasteiger partial charge in [-0.1, -0.05) is 12.1 Å². The van der Waals surface area contributed by atoms with E-state index in [1.165, 1.54) is 25.9 Å². The molecular formula is C22H33N5OS. The fourth-order valence-electron chi connectivity index (χ4n) is 4.06. The van der Waals surface area contributed by atoms with Gasteiger partial charge in [0, 0.05) is 49.4 Å². The highest BCUT2D eigenvalue weighted by atomic mass is 32.2. The third-order valence-corrected chi connectivity index (χ3v) is 7.09. The summed E-state index contributed by atoms with van der Waals surface area (Å²) in [7, 11) is 2.21. The van der Waals surface area contributed by atoms with Crippen molar-refractivity contribution in [3.63, 3.8) is 0 Å². The maximum absolute atomic E-state index is 12.6. The van der Waals surface area contributed by atoms with Crippen LogP contribution in [0, 0.1) is 17.2 Å². The van der Waals surface area contributed by atoms with Crippen LogP contribution in [0.5, 0.6) is 0 Å². The van der Waals surface area contributed by atoms with Gasteiger partial charge in [-0.15, -0.1) is 11.8 Å². The fourth-order valence-corrected chi connectivity index (χ4v) is 5.02. The molecule has 2 saturated heterocycles. The molecule has 29 heavy (non-hydrogen) atoms. The summed E-state index contributed by atoms with van der Waals surface area (Å²) in [6, 6.07) is 10.8. The molecule has 2 heterocycles. The van der Waals surface area contributed by atoms with E-state index in [0.717, 1.165) is 42.5 Å². The number of benzene rings is 1. The Kier molecular flexibility index (Phi) is 8.37. The van der Waals surface area contributed by atoms with Crippen LogP contribution in [0.15, 0.2) is 29.2 Å². The van der Waals surface area contributed by atoms with E-state index in [-0.39, 0.29) is 11.8 Å². The number of hydrogen-bond donors (Lipinski definition) is 1. The second-order valence-corrected chi connectivity index (χ2v) is 9.32. The Labute approximate surface area is 179 Å². The van der Waals surface area contributed by atoms with Crippen molar-refractivity contribution in [3.8, 4) is 6.07 Å². The zero-order valence-electron chi connectivity index (χ0n) is 17.6. The Morgan fingerprint density at radius 2 is 2.03 bits per heavy atom. The lowest BCUT2D eigenvalue weighted by Gasteiger charge is -2.42. The summed E-state index contributed by atoms with van der Waals surface area (Å²) in [6.07, 6.45) is 2.58. The third kappa shape index (κ3) is 6.71. The maximum Gasteiger partial charge on any atom is 0.238 e. The van der Waals surface area contributed by atoms with E-state index < -0.39 is 0 Å². The topological polar surface area (TPSA) is 62.6 Å². The summed E-state index contributed by atoms with van der Waals surface area (Å²) in [5.74, 6) is 0.753. The van der Waals surface area contributed by atoms with Crippen molar-refractivity contribution < 1.29 is 4.79 Å². The summed E-state index contributed by atoms with van der Waals surface area (Å²) >= 11 is 1.62. The normalized spacial score (nSPS) is 22.7. The molecule has 1 aromatic carbocycles. The van der Waals surface area contributed by atoms with Crippen molar-refractivity contribution in [1.82, 2.24) is 14.7 Å². The van der Waals surface area contributed by atoms with Crippen LogP contribution < -0.4 is 5.32 Å². The van der Waals surface area contributed by atoms with Gasteiger partial charge in [-0.25, -0.2) is 0 Å². The van der Waals surface area contributed by atoms with E-state index in [4.69, 9.17) is 5.26 Å².